The molecule has 168 valence electrons. The van der Waals surface area contributed by atoms with Crippen molar-refractivity contribution in [1.29, 1.82) is 0 Å². The van der Waals surface area contributed by atoms with Gasteiger partial charge in [-0.2, -0.15) is 0 Å². The Kier molecular flexibility index (Phi) is 6.05. The number of Topliss-reactive ketones (excluding diaryl/α,β-unsaturated/α-hetero) is 1. The van der Waals surface area contributed by atoms with E-state index in [2.05, 4.69) is 0 Å². The van der Waals surface area contributed by atoms with Crippen molar-refractivity contribution in [3.05, 3.63) is 59.2 Å². The van der Waals surface area contributed by atoms with Gasteiger partial charge in [0.25, 0.3) is 11.7 Å². The Bertz CT molecular complexity index is 1060. The maximum absolute atomic E-state index is 13.0. The highest BCUT2D eigenvalue weighted by Crippen LogP contribution is 2.41. The molecule has 0 bridgehead atoms. The lowest BCUT2D eigenvalue weighted by molar-refractivity contribution is -0.140. The molecule has 1 amide bonds. The van der Waals surface area contributed by atoms with E-state index in [1.807, 2.05) is 43.3 Å². The molecule has 0 spiro atoms. The SMILES string of the molecule is COCCN1C(=O)C(=O)C(=C(O)c2ccc3c(c2)OCCO3)[C@H]1c1ccc(N(C)C)cc1. The van der Waals surface area contributed by atoms with E-state index in [-0.39, 0.29) is 24.5 Å². The van der Waals surface area contributed by atoms with Crippen molar-refractivity contribution in [2.24, 2.45) is 0 Å². The van der Waals surface area contributed by atoms with Crippen molar-refractivity contribution in [1.82, 2.24) is 4.90 Å². The number of fused-ring (bicyclic) bond motifs is 1. The summed E-state index contributed by atoms with van der Waals surface area (Å²) in [6.07, 6.45) is 0. The first-order valence-corrected chi connectivity index (χ1v) is 10.4. The highest BCUT2D eigenvalue weighted by atomic mass is 16.6. The van der Waals surface area contributed by atoms with Crippen LogP contribution in [0.2, 0.25) is 0 Å². The summed E-state index contributed by atoms with van der Waals surface area (Å²) >= 11 is 0. The van der Waals surface area contributed by atoms with E-state index in [1.165, 1.54) is 12.0 Å². The van der Waals surface area contributed by atoms with Crippen molar-refractivity contribution in [2.75, 3.05) is 52.5 Å². The lowest BCUT2D eigenvalue weighted by Crippen LogP contribution is -2.32. The zero-order valence-corrected chi connectivity index (χ0v) is 18.3. The third-order valence-electron chi connectivity index (χ3n) is 5.62. The first-order chi connectivity index (χ1) is 15.4. The van der Waals surface area contributed by atoms with E-state index in [0.29, 0.717) is 30.3 Å². The van der Waals surface area contributed by atoms with Gasteiger partial charge in [0.2, 0.25) is 0 Å². The molecular weight excluding hydrogens is 412 g/mol. The van der Waals surface area contributed by atoms with Gasteiger partial charge in [0.1, 0.15) is 19.0 Å². The maximum Gasteiger partial charge on any atom is 0.295 e. The highest BCUT2D eigenvalue weighted by Gasteiger charge is 2.46. The predicted molar refractivity (Wildman–Crippen MR) is 119 cm³/mol. The van der Waals surface area contributed by atoms with Gasteiger partial charge in [0.15, 0.2) is 11.5 Å². The summed E-state index contributed by atoms with van der Waals surface area (Å²) in [6.45, 7) is 1.34. The average molecular weight is 438 g/mol. The average Bonchev–Trinajstić information content (AvgIpc) is 3.06. The summed E-state index contributed by atoms with van der Waals surface area (Å²) in [5.41, 5.74) is 2.13. The maximum atomic E-state index is 13.0. The molecule has 1 N–H and O–H groups in total. The summed E-state index contributed by atoms with van der Waals surface area (Å²) < 4.78 is 16.3. The van der Waals surface area contributed by atoms with Crippen LogP contribution in [-0.4, -0.2) is 69.3 Å². The fourth-order valence-electron chi connectivity index (χ4n) is 3.95. The van der Waals surface area contributed by atoms with Crippen LogP contribution in [0.1, 0.15) is 17.2 Å². The van der Waals surface area contributed by atoms with Gasteiger partial charge >= 0.3 is 0 Å². The largest absolute Gasteiger partial charge is 0.507 e. The monoisotopic (exact) mass is 438 g/mol. The van der Waals surface area contributed by atoms with Crippen LogP contribution in [-0.2, 0) is 14.3 Å². The van der Waals surface area contributed by atoms with Crippen LogP contribution >= 0.6 is 0 Å². The van der Waals surface area contributed by atoms with E-state index >= 15 is 0 Å². The fourth-order valence-corrected chi connectivity index (χ4v) is 3.95. The number of rotatable bonds is 6. The molecule has 0 radical (unpaired) electrons. The van der Waals surface area contributed by atoms with Gasteiger partial charge in [-0.1, -0.05) is 12.1 Å². The molecule has 0 saturated carbocycles. The number of aliphatic hydroxyl groups excluding tert-OH is 1. The van der Waals surface area contributed by atoms with Gasteiger partial charge in [-0.15, -0.1) is 0 Å². The Balaban J connectivity index is 1.81. The van der Waals surface area contributed by atoms with Crippen LogP contribution in [0.25, 0.3) is 5.76 Å². The highest BCUT2D eigenvalue weighted by molar-refractivity contribution is 6.46. The summed E-state index contributed by atoms with van der Waals surface area (Å²) in [6, 6.07) is 11.8. The molecule has 0 aromatic heterocycles. The van der Waals surface area contributed by atoms with Crippen LogP contribution in [0, 0.1) is 0 Å². The Morgan fingerprint density at radius 1 is 1.09 bits per heavy atom. The molecule has 2 aromatic carbocycles. The fraction of sp³-hybridized carbons (Fsp3) is 0.333. The van der Waals surface area contributed by atoms with Crippen molar-refractivity contribution < 1.29 is 28.9 Å². The molecule has 1 atom stereocenters. The second-order valence-electron chi connectivity index (χ2n) is 7.83. The second kappa shape index (κ2) is 8.92. The number of carbonyl (C=O) groups excluding carboxylic acids is 2. The first kappa shape index (κ1) is 21.7. The Hall–Kier alpha value is -3.52. The number of hydrogen-bond donors (Lipinski definition) is 1. The van der Waals surface area contributed by atoms with Crippen LogP contribution in [0.4, 0.5) is 5.69 Å². The molecule has 8 nitrogen and oxygen atoms in total. The molecule has 1 saturated heterocycles. The van der Waals surface area contributed by atoms with Crippen molar-refractivity contribution in [3.8, 4) is 11.5 Å². The van der Waals surface area contributed by atoms with Crippen molar-refractivity contribution in [3.63, 3.8) is 0 Å². The van der Waals surface area contributed by atoms with Crippen LogP contribution in [0.5, 0.6) is 11.5 Å². The van der Waals surface area contributed by atoms with Crippen LogP contribution < -0.4 is 14.4 Å². The summed E-state index contributed by atoms with van der Waals surface area (Å²) in [7, 11) is 5.40. The van der Waals surface area contributed by atoms with Gasteiger partial charge in [-0.05, 0) is 35.9 Å². The number of ether oxygens (including phenoxy) is 3. The summed E-state index contributed by atoms with van der Waals surface area (Å²) in [5.74, 6) is -0.579. The number of benzene rings is 2. The van der Waals surface area contributed by atoms with E-state index in [1.54, 1.807) is 18.2 Å². The number of ketones is 1. The number of likely N-dealkylation sites (tertiary alicyclic amines) is 1. The summed E-state index contributed by atoms with van der Waals surface area (Å²) in [4.78, 5) is 29.3. The number of amides is 1. The standard InChI is InChI=1S/C24H26N2O6/c1-25(2)17-7-4-15(5-8-17)21-20(23(28)24(29)26(21)10-11-30-3)22(27)16-6-9-18-19(14-16)32-13-12-31-18/h4-9,14,21,27H,10-13H2,1-3H3/t21-/m1/s1. The van der Waals surface area contributed by atoms with Crippen LogP contribution in [0.3, 0.4) is 0 Å². The first-order valence-electron chi connectivity index (χ1n) is 10.4. The smallest absolute Gasteiger partial charge is 0.295 e. The topological polar surface area (TPSA) is 88.5 Å². The van der Waals surface area contributed by atoms with E-state index in [4.69, 9.17) is 14.2 Å². The molecule has 2 aliphatic rings. The lowest BCUT2D eigenvalue weighted by Gasteiger charge is -2.25. The number of methoxy groups -OCH3 is 1. The minimum atomic E-state index is -0.727. The number of aliphatic hydroxyl groups is 1. The predicted octanol–water partition coefficient (Wildman–Crippen LogP) is 2.59. The zero-order valence-electron chi connectivity index (χ0n) is 18.3. The minimum absolute atomic E-state index is 0.0420. The number of nitrogens with zero attached hydrogens (tertiary/aromatic N) is 2. The summed E-state index contributed by atoms with van der Waals surface area (Å²) in [5, 5.41) is 11.2. The molecule has 0 aliphatic carbocycles. The van der Waals surface area contributed by atoms with Gasteiger partial charge in [0, 0.05) is 39.0 Å². The molecule has 4 rings (SSSR count). The normalized spacial score (nSPS) is 19.3. The molecule has 32 heavy (non-hydrogen) atoms. The minimum Gasteiger partial charge on any atom is -0.507 e. The van der Waals surface area contributed by atoms with Gasteiger partial charge in [-0.3, -0.25) is 9.59 Å². The van der Waals surface area contributed by atoms with E-state index in [9.17, 15) is 14.7 Å². The number of hydrogen-bond acceptors (Lipinski definition) is 7. The van der Waals surface area contributed by atoms with Crippen LogP contribution in [0.15, 0.2) is 48.0 Å². The van der Waals surface area contributed by atoms with Crippen molar-refractivity contribution >= 4 is 23.1 Å². The molecule has 1 fully saturated rings. The lowest BCUT2D eigenvalue weighted by atomic mass is 9.95. The Morgan fingerprint density at radius 2 is 1.78 bits per heavy atom. The third-order valence-corrected chi connectivity index (χ3v) is 5.62. The molecule has 2 aromatic rings. The molecule has 2 aliphatic heterocycles. The third kappa shape index (κ3) is 3.89. The zero-order chi connectivity index (χ0) is 22.8. The molecule has 8 heteroatoms. The van der Waals surface area contributed by atoms with E-state index in [0.717, 1.165) is 11.3 Å². The van der Waals surface area contributed by atoms with Crippen molar-refractivity contribution in [2.45, 2.75) is 6.04 Å². The van der Waals surface area contributed by atoms with Gasteiger partial charge in [-0.25, -0.2) is 0 Å². The molecule has 2 heterocycles. The van der Waals surface area contributed by atoms with Gasteiger partial charge < -0.3 is 29.1 Å². The van der Waals surface area contributed by atoms with E-state index < -0.39 is 17.7 Å². The molecule has 0 unspecified atom stereocenters. The number of carbonyl (C=O) groups is 2. The quantitative estimate of drug-likeness (QED) is 0.421. The number of anilines is 1. The molecular formula is C24H26N2O6. The Labute approximate surface area is 186 Å². The Morgan fingerprint density at radius 3 is 2.44 bits per heavy atom. The van der Waals surface area contributed by atoms with Gasteiger partial charge in [0.05, 0.1) is 18.2 Å². The second-order valence-corrected chi connectivity index (χ2v) is 7.83.